The normalized spacial score (nSPS) is 25.3. The van der Waals surface area contributed by atoms with Gasteiger partial charge >= 0.3 is 5.97 Å². The van der Waals surface area contributed by atoms with Crippen LogP contribution in [-0.2, 0) is 25.7 Å². The molecule has 1 aliphatic heterocycles. The van der Waals surface area contributed by atoms with Gasteiger partial charge in [-0.1, -0.05) is 12.5 Å². The van der Waals surface area contributed by atoms with Gasteiger partial charge in [-0.3, -0.25) is 14.4 Å². The van der Waals surface area contributed by atoms with Crippen molar-refractivity contribution in [2.45, 2.75) is 38.6 Å². The second kappa shape index (κ2) is 8.43. The molecular weight excluding hydrogens is 374 g/mol. The molecule has 1 heterocycles. The van der Waals surface area contributed by atoms with Crippen LogP contribution in [0.5, 0.6) is 11.5 Å². The SMILES string of the molecule is CN(Cc1ccc2c(c1)OCCO2)C(=O)COC(=O)C1C[C@H]2CCC[C@@H](C1)C2=O. The molecule has 0 spiro atoms. The number of hydrogen-bond donors (Lipinski definition) is 0. The van der Waals surface area contributed by atoms with Crippen molar-refractivity contribution in [3.8, 4) is 11.5 Å². The third-order valence-corrected chi connectivity index (χ3v) is 6.17. The van der Waals surface area contributed by atoms with E-state index in [0.717, 1.165) is 24.8 Å². The summed E-state index contributed by atoms with van der Waals surface area (Å²) in [4.78, 5) is 38.5. The molecule has 1 amide bonds. The highest BCUT2D eigenvalue weighted by Crippen LogP contribution is 2.40. The van der Waals surface area contributed by atoms with Crippen LogP contribution in [0.3, 0.4) is 0 Å². The summed E-state index contributed by atoms with van der Waals surface area (Å²) in [6.07, 6.45) is 3.93. The maximum Gasteiger partial charge on any atom is 0.309 e. The first-order chi connectivity index (χ1) is 14.0. The van der Waals surface area contributed by atoms with Gasteiger partial charge in [-0.05, 0) is 43.4 Å². The maximum absolute atomic E-state index is 12.4. The van der Waals surface area contributed by atoms with E-state index in [-0.39, 0.29) is 36.2 Å². The molecule has 7 heteroatoms. The number of ketones is 1. The lowest BCUT2D eigenvalue weighted by atomic mass is 9.67. The fraction of sp³-hybridized carbons (Fsp3) is 0.591. The van der Waals surface area contributed by atoms with E-state index >= 15 is 0 Å². The van der Waals surface area contributed by atoms with E-state index in [0.29, 0.717) is 49.9 Å². The van der Waals surface area contributed by atoms with Gasteiger partial charge in [0.1, 0.15) is 19.0 Å². The molecule has 1 unspecified atom stereocenters. The van der Waals surface area contributed by atoms with Crippen molar-refractivity contribution in [2.75, 3.05) is 26.9 Å². The zero-order valence-electron chi connectivity index (χ0n) is 16.7. The number of fused-ring (bicyclic) bond motifs is 3. The van der Waals surface area contributed by atoms with Crippen molar-refractivity contribution in [1.82, 2.24) is 4.90 Å². The summed E-state index contributed by atoms with van der Waals surface area (Å²) >= 11 is 0. The molecule has 2 fully saturated rings. The Morgan fingerprint density at radius 1 is 1.10 bits per heavy atom. The Bertz CT molecular complexity index is 790. The smallest absolute Gasteiger partial charge is 0.309 e. The van der Waals surface area contributed by atoms with Crippen LogP contribution in [0.4, 0.5) is 0 Å². The molecule has 2 bridgehead atoms. The van der Waals surface area contributed by atoms with E-state index in [9.17, 15) is 14.4 Å². The van der Waals surface area contributed by atoms with Gasteiger partial charge in [0.2, 0.25) is 0 Å². The third-order valence-electron chi connectivity index (χ3n) is 6.17. The second-order valence-electron chi connectivity index (χ2n) is 8.23. The quantitative estimate of drug-likeness (QED) is 0.705. The summed E-state index contributed by atoms with van der Waals surface area (Å²) in [7, 11) is 1.68. The van der Waals surface area contributed by atoms with Gasteiger partial charge in [-0.25, -0.2) is 0 Å². The number of benzene rings is 1. The van der Waals surface area contributed by atoms with Gasteiger partial charge < -0.3 is 19.1 Å². The number of carbonyl (C=O) groups excluding carboxylic acids is 3. The van der Waals surface area contributed by atoms with Crippen LogP contribution in [0.15, 0.2) is 18.2 Å². The van der Waals surface area contributed by atoms with Crippen LogP contribution in [-0.4, -0.2) is 49.4 Å². The zero-order chi connectivity index (χ0) is 20.4. The average Bonchev–Trinajstić information content (AvgIpc) is 2.71. The minimum Gasteiger partial charge on any atom is -0.486 e. The van der Waals surface area contributed by atoms with Crippen LogP contribution in [0, 0.1) is 17.8 Å². The Kier molecular flexibility index (Phi) is 5.74. The molecule has 0 N–H and O–H groups in total. The highest BCUT2D eigenvalue weighted by atomic mass is 16.6. The number of Topliss-reactive ketones (excluding diaryl/α,β-unsaturated/α-hetero) is 1. The fourth-order valence-corrected chi connectivity index (χ4v) is 4.58. The molecule has 0 saturated heterocycles. The summed E-state index contributed by atoms with van der Waals surface area (Å²) in [5.41, 5.74) is 0.912. The van der Waals surface area contributed by atoms with E-state index in [1.54, 1.807) is 7.05 Å². The monoisotopic (exact) mass is 401 g/mol. The number of esters is 1. The van der Waals surface area contributed by atoms with Crippen molar-refractivity contribution in [3.05, 3.63) is 23.8 Å². The number of amides is 1. The minimum absolute atomic E-state index is 0.00590. The molecule has 1 aromatic carbocycles. The predicted octanol–water partition coefficient (Wildman–Crippen LogP) is 2.35. The van der Waals surface area contributed by atoms with Gasteiger partial charge in [0.15, 0.2) is 18.1 Å². The van der Waals surface area contributed by atoms with Gasteiger partial charge in [0.25, 0.3) is 5.91 Å². The molecule has 0 aromatic heterocycles. The first-order valence-electron chi connectivity index (χ1n) is 10.3. The Morgan fingerprint density at radius 2 is 1.79 bits per heavy atom. The van der Waals surface area contributed by atoms with Crippen molar-refractivity contribution >= 4 is 17.7 Å². The number of nitrogens with zero attached hydrogens (tertiary/aromatic N) is 1. The van der Waals surface area contributed by atoms with Gasteiger partial charge in [-0.2, -0.15) is 0 Å². The molecule has 29 heavy (non-hydrogen) atoms. The molecule has 2 saturated carbocycles. The van der Waals surface area contributed by atoms with Crippen LogP contribution in [0.2, 0.25) is 0 Å². The summed E-state index contributed by atoms with van der Waals surface area (Å²) < 4.78 is 16.4. The largest absolute Gasteiger partial charge is 0.486 e. The Hall–Kier alpha value is -2.57. The number of hydrogen-bond acceptors (Lipinski definition) is 6. The number of rotatable bonds is 5. The molecule has 2 aliphatic carbocycles. The highest BCUT2D eigenvalue weighted by molar-refractivity contribution is 5.88. The van der Waals surface area contributed by atoms with E-state index < -0.39 is 0 Å². The lowest BCUT2D eigenvalue weighted by Gasteiger charge is -2.36. The highest BCUT2D eigenvalue weighted by Gasteiger charge is 2.41. The Labute approximate surface area is 170 Å². The molecule has 156 valence electrons. The first-order valence-corrected chi connectivity index (χ1v) is 10.3. The number of likely N-dealkylation sites (N-methyl/N-ethyl adjacent to an activating group) is 1. The molecule has 1 aromatic rings. The summed E-state index contributed by atoms with van der Waals surface area (Å²) in [5.74, 6) is 0.810. The Balaban J connectivity index is 1.27. The van der Waals surface area contributed by atoms with E-state index in [2.05, 4.69) is 0 Å². The van der Waals surface area contributed by atoms with Gasteiger partial charge in [-0.15, -0.1) is 0 Å². The number of ether oxygens (including phenoxy) is 3. The minimum atomic E-state index is -0.351. The molecule has 7 nitrogen and oxygen atoms in total. The van der Waals surface area contributed by atoms with Crippen molar-refractivity contribution in [1.29, 1.82) is 0 Å². The summed E-state index contributed by atoms with van der Waals surface area (Å²) in [6.45, 7) is 1.15. The molecular formula is C22H27NO6. The van der Waals surface area contributed by atoms with E-state index in [1.165, 1.54) is 4.90 Å². The summed E-state index contributed by atoms with van der Waals surface area (Å²) in [5, 5.41) is 0. The lowest BCUT2D eigenvalue weighted by Crippen LogP contribution is -2.40. The Morgan fingerprint density at radius 3 is 2.52 bits per heavy atom. The first kappa shape index (κ1) is 19.7. The zero-order valence-corrected chi connectivity index (χ0v) is 16.7. The standard InChI is InChI=1S/C22H27NO6/c1-23(12-14-5-6-18-19(9-14)28-8-7-27-18)20(24)13-29-22(26)17-10-15-3-2-4-16(11-17)21(15)25/h5-6,9,15-17H,2-4,7-8,10-13H2,1H3/t15-,16+,17?. The average molecular weight is 401 g/mol. The molecule has 3 atom stereocenters. The maximum atomic E-state index is 12.4. The van der Waals surface area contributed by atoms with E-state index in [4.69, 9.17) is 14.2 Å². The van der Waals surface area contributed by atoms with Crippen LogP contribution in [0.1, 0.15) is 37.7 Å². The predicted molar refractivity (Wildman–Crippen MR) is 103 cm³/mol. The van der Waals surface area contributed by atoms with Crippen LogP contribution < -0.4 is 9.47 Å². The van der Waals surface area contributed by atoms with E-state index in [1.807, 2.05) is 18.2 Å². The van der Waals surface area contributed by atoms with Crippen molar-refractivity contribution in [2.24, 2.45) is 17.8 Å². The van der Waals surface area contributed by atoms with Crippen LogP contribution in [0.25, 0.3) is 0 Å². The van der Waals surface area contributed by atoms with Gasteiger partial charge in [0.05, 0.1) is 5.92 Å². The topological polar surface area (TPSA) is 82.1 Å². The molecule has 3 aliphatic rings. The molecule has 0 radical (unpaired) electrons. The summed E-state index contributed by atoms with van der Waals surface area (Å²) in [6, 6.07) is 5.59. The molecule has 4 rings (SSSR count). The second-order valence-corrected chi connectivity index (χ2v) is 8.23. The lowest BCUT2D eigenvalue weighted by molar-refractivity contribution is -0.158. The van der Waals surface area contributed by atoms with Gasteiger partial charge in [0, 0.05) is 25.4 Å². The van der Waals surface area contributed by atoms with Crippen molar-refractivity contribution < 1.29 is 28.6 Å². The van der Waals surface area contributed by atoms with Crippen LogP contribution >= 0.6 is 0 Å². The third kappa shape index (κ3) is 4.38. The number of carbonyl (C=O) groups is 3. The fourth-order valence-electron chi connectivity index (χ4n) is 4.58. The van der Waals surface area contributed by atoms with Crippen molar-refractivity contribution in [3.63, 3.8) is 0 Å².